The second-order valence-electron chi connectivity index (χ2n) is 9.30. The van der Waals surface area contributed by atoms with Crippen LogP contribution in [0.5, 0.6) is 0 Å². The number of hydrogen-bond donors (Lipinski definition) is 0. The van der Waals surface area contributed by atoms with Crippen LogP contribution in [0.4, 0.5) is 0 Å². The highest BCUT2D eigenvalue weighted by Gasteiger charge is 2.51. The van der Waals surface area contributed by atoms with Gasteiger partial charge in [-0.15, -0.1) is 0 Å². The van der Waals surface area contributed by atoms with Crippen LogP contribution in [-0.2, 0) is 16.6 Å². The maximum Gasteiger partial charge on any atom is 0.243 e. The molecule has 0 amide bonds. The van der Waals surface area contributed by atoms with Crippen LogP contribution in [0.3, 0.4) is 0 Å². The summed E-state index contributed by atoms with van der Waals surface area (Å²) in [7, 11) is -3.36. The first kappa shape index (κ1) is 20.2. The van der Waals surface area contributed by atoms with Crippen molar-refractivity contribution in [1.29, 1.82) is 0 Å². The summed E-state index contributed by atoms with van der Waals surface area (Å²) in [6, 6.07) is 20.2. The molecule has 30 heavy (non-hydrogen) atoms. The molecule has 2 aromatic carbocycles. The Morgan fingerprint density at radius 2 is 1.47 bits per heavy atom. The summed E-state index contributed by atoms with van der Waals surface area (Å²) in [6.07, 6.45) is 3.42. The van der Waals surface area contributed by atoms with E-state index in [1.165, 1.54) is 18.4 Å². The van der Waals surface area contributed by atoms with Crippen molar-refractivity contribution in [1.82, 2.24) is 14.1 Å². The third kappa shape index (κ3) is 3.94. The summed E-state index contributed by atoms with van der Waals surface area (Å²) in [5.41, 5.74) is 1.56. The predicted molar refractivity (Wildman–Crippen MR) is 119 cm³/mol. The minimum Gasteiger partial charge on any atom is -0.299 e. The summed E-state index contributed by atoms with van der Waals surface area (Å²) in [6.45, 7) is 6.78. The van der Waals surface area contributed by atoms with Crippen molar-refractivity contribution in [2.45, 2.75) is 36.7 Å². The third-order valence-corrected chi connectivity index (χ3v) is 9.04. The van der Waals surface area contributed by atoms with E-state index in [1.54, 1.807) is 28.6 Å². The van der Waals surface area contributed by atoms with Gasteiger partial charge in [-0.3, -0.25) is 9.80 Å². The van der Waals surface area contributed by atoms with Gasteiger partial charge in [-0.05, 0) is 50.0 Å². The van der Waals surface area contributed by atoms with Crippen LogP contribution in [0.15, 0.2) is 65.6 Å². The van der Waals surface area contributed by atoms with E-state index in [9.17, 15) is 8.42 Å². The van der Waals surface area contributed by atoms with Gasteiger partial charge in [0.25, 0.3) is 0 Å². The molecule has 1 spiro atoms. The van der Waals surface area contributed by atoms with Crippen molar-refractivity contribution in [2.75, 3.05) is 39.3 Å². The summed E-state index contributed by atoms with van der Waals surface area (Å²) in [5, 5.41) is 0. The number of piperidine rings is 1. The minimum atomic E-state index is -3.36. The lowest BCUT2D eigenvalue weighted by molar-refractivity contribution is -0.0396. The Morgan fingerprint density at radius 3 is 2.13 bits per heavy atom. The first-order valence-corrected chi connectivity index (χ1v) is 12.5. The average molecular weight is 426 g/mol. The van der Waals surface area contributed by atoms with Crippen LogP contribution < -0.4 is 0 Å². The molecule has 0 radical (unpaired) electrons. The molecule has 3 aliphatic rings. The van der Waals surface area contributed by atoms with Crippen LogP contribution in [-0.4, -0.2) is 67.8 Å². The van der Waals surface area contributed by atoms with Gasteiger partial charge in [0.1, 0.15) is 0 Å². The Morgan fingerprint density at radius 1 is 0.833 bits per heavy atom. The van der Waals surface area contributed by atoms with Crippen molar-refractivity contribution in [3.05, 3.63) is 66.2 Å². The summed E-state index contributed by atoms with van der Waals surface area (Å²) in [5.74, 6) is 0. The molecular weight excluding hydrogens is 394 g/mol. The molecule has 0 aromatic heterocycles. The maximum atomic E-state index is 12.9. The molecular formula is C24H31N3O2S. The Bertz CT molecular complexity index is 950. The van der Waals surface area contributed by atoms with Gasteiger partial charge in [-0.2, -0.15) is 4.31 Å². The molecule has 0 unspecified atom stereocenters. The summed E-state index contributed by atoms with van der Waals surface area (Å²) >= 11 is 0. The Kier molecular flexibility index (Phi) is 5.44. The van der Waals surface area contributed by atoms with Crippen molar-refractivity contribution in [3.8, 4) is 0 Å². The first-order valence-electron chi connectivity index (χ1n) is 11.1. The quantitative estimate of drug-likeness (QED) is 0.739. The third-order valence-electron chi connectivity index (χ3n) is 7.18. The van der Waals surface area contributed by atoms with E-state index >= 15 is 0 Å². The van der Waals surface area contributed by atoms with E-state index < -0.39 is 10.0 Å². The second kappa shape index (κ2) is 8.08. The van der Waals surface area contributed by atoms with Crippen molar-refractivity contribution in [3.63, 3.8) is 0 Å². The summed E-state index contributed by atoms with van der Waals surface area (Å²) in [4.78, 5) is 5.59. The van der Waals surface area contributed by atoms with E-state index in [2.05, 4.69) is 40.1 Å². The number of hydrogen-bond acceptors (Lipinski definition) is 4. The van der Waals surface area contributed by atoms with E-state index in [0.29, 0.717) is 24.0 Å². The topological polar surface area (TPSA) is 43.9 Å². The number of likely N-dealkylation sites (tertiary alicyclic amines) is 2. The normalized spacial score (nSPS) is 23.6. The molecule has 0 saturated carbocycles. The molecule has 3 fully saturated rings. The largest absolute Gasteiger partial charge is 0.299 e. The highest BCUT2D eigenvalue weighted by Crippen LogP contribution is 2.43. The van der Waals surface area contributed by atoms with Crippen LogP contribution in [0.25, 0.3) is 0 Å². The molecule has 5 nitrogen and oxygen atoms in total. The zero-order valence-corrected chi connectivity index (χ0v) is 18.3. The van der Waals surface area contributed by atoms with Gasteiger partial charge in [-0.25, -0.2) is 8.42 Å². The monoisotopic (exact) mass is 425 g/mol. The van der Waals surface area contributed by atoms with Crippen LogP contribution >= 0.6 is 0 Å². The predicted octanol–water partition coefficient (Wildman–Crippen LogP) is 3.05. The second-order valence-corrected chi connectivity index (χ2v) is 11.2. The van der Waals surface area contributed by atoms with E-state index in [4.69, 9.17) is 0 Å². The Balaban J connectivity index is 1.12. The van der Waals surface area contributed by atoms with Gasteiger partial charge >= 0.3 is 0 Å². The molecule has 6 heteroatoms. The molecule has 3 saturated heterocycles. The van der Waals surface area contributed by atoms with E-state index in [-0.39, 0.29) is 5.41 Å². The zero-order chi connectivity index (χ0) is 20.6. The van der Waals surface area contributed by atoms with Gasteiger partial charge in [0.15, 0.2) is 0 Å². The maximum absolute atomic E-state index is 12.9. The molecule has 0 bridgehead atoms. The minimum absolute atomic E-state index is 0.170. The number of rotatable bonds is 5. The zero-order valence-electron chi connectivity index (χ0n) is 17.5. The molecule has 3 heterocycles. The number of benzene rings is 2. The highest BCUT2D eigenvalue weighted by molar-refractivity contribution is 7.89. The van der Waals surface area contributed by atoms with Gasteiger partial charge < -0.3 is 0 Å². The molecule has 160 valence electrons. The standard InChI is InChI=1S/C24H31N3O2S/c28-30(29,23-9-5-2-6-10-23)27-16-13-24(20-27)18-26(19-24)22-11-14-25(15-12-22)17-21-7-3-1-4-8-21/h1-10,22H,11-20H2. The van der Waals surface area contributed by atoms with Crippen LogP contribution in [0.1, 0.15) is 24.8 Å². The lowest BCUT2D eigenvalue weighted by atomic mass is 9.77. The fourth-order valence-electron chi connectivity index (χ4n) is 5.46. The lowest BCUT2D eigenvalue weighted by Gasteiger charge is -2.53. The fraction of sp³-hybridized carbons (Fsp3) is 0.500. The van der Waals surface area contributed by atoms with Gasteiger partial charge in [0.2, 0.25) is 10.0 Å². The lowest BCUT2D eigenvalue weighted by Crippen LogP contribution is -2.62. The van der Waals surface area contributed by atoms with Crippen LogP contribution in [0, 0.1) is 5.41 Å². The van der Waals surface area contributed by atoms with E-state index in [0.717, 1.165) is 39.1 Å². The Hall–Kier alpha value is -1.73. The highest BCUT2D eigenvalue weighted by atomic mass is 32.2. The van der Waals surface area contributed by atoms with Crippen molar-refractivity contribution in [2.24, 2.45) is 5.41 Å². The molecule has 0 aliphatic carbocycles. The molecule has 5 rings (SSSR count). The van der Waals surface area contributed by atoms with Crippen molar-refractivity contribution >= 4 is 10.0 Å². The Labute approximate surface area is 180 Å². The number of sulfonamides is 1. The fourth-order valence-corrected chi connectivity index (χ4v) is 7.03. The first-order chi connectivity index (χ1) is 14.5. The summed E-state index contributed by atoms with van der Waals surface area (Å²) < 4.78 is 27.6. The van der Waals surface area contributed by atoms with Gasteiger partial charge in [0.05, 0.1) is 4.90 Å². The van der Waals surface area contributed by atoms with Crippen molar-refractivity contribution < 1.29 is 8.42 Å². The smallest absolute Gasteiger partial charge is 0.243 e. The molecule has 0 N–H and O–H groups in total. The SMILES string of the molecule is O=S(=O)(c1ccccc1)N1CCC2(CN(C3CCN(Cc4ccccc4)CC3)C2)C1. The molecule has 0 atom stereocenters. The molecule has 3 aliphatic heterocycles. The van der Waals surface area contributed by atoms with Crippen LogP contribution in [0.2, 0.25) is 0 Å². The molecule has 2 aromatic rings. The number of nitrogens with zero attached hydrogens (tertiary/aromatic N) is 3. The van der Waals surface area contributed by atoms with Gasteiger partial charge in [0, 0.05) is 44.2 Å². The van der Waals surface area contributed by atoms with E-state index in [1.807, 2.05) is 6.07 Å². The average Bonchev–Trinajstić information content (AvgIpc) is 3.22. The van der Waals surface area contributed by atoms with Gasteiger partial charge in [-0.1, -0.05) is 48.5 Å².